The van der Waals surface area contributed by atoms with E-state index in [1.807, 2.05) is 0 Å². The Labute approximate surface area is 135 Å². The molecule has 0 saturated carbocycles. The summed E-state index contributed by atoms with van der Waals surface area (Å²) in [6.45, 7) is 0. The van der Waals surface area contributed by atoms with Crippen LogP contribution in [0, 0.1) is 0 Å². The number of ether oxygens (including phenoxy) is 1. The quantitative estimate of drug-likeness (QED) is 0.856. The van der Waals surface area contributed by atoms with E-state index in [1.54, 1.807) is 24.3 Å². The van der Waals surface area contributed by atoms with E-state index >= 15 is 0 Å². The summed E-state index contributed by atoms with van der Waals surface area (Å²) < 4.78 is 42.6. The molecule has 24 heavy (non-hydrogen) atoms. The Balaban J connectivity index is 1.71. The zero-order chi connectivity index (χ0) is 17.3. The lowest BCUT2D eigenvalue weighted by atomic mass is 9.98. The van der Waals surface area contributed by atoms with Crippen LogP contribution in [0.15, 0.2) is 48.5 Å². The molecule has 3 rings (SSSR count). The molecule has 0 fully saturated rings. The fraction of sp³-hybridized carbons (Fsp3) is 0.176. The first-order valence-electron chi connectivity index (χ1n) is 7.11. The van der Waals surface area contributed by atoms with Crippen molar-refractivity contribution in [1.82, 2.24) is 0 Å². The number of cyclic esters (lactones) is 1. The second-order valence-corrected chi connectivity index (χ2v) is 5.32. The largest absolute Gasteiger partial charge is 0.448 e. The number of nitrogens with one attached hydrogen (secondary N) is 1. The number of esters is 1. The minimum absolute atomic E-state index is 0.197. The average molecular weight is 335 g/mol. The van der Waals surface area contributed by atoms with Crippen molar-refractivity contribution in [2.24, 2.45) is 0 Å². The van der Waals surface area contributed by atoms with E-state index in [4.69, 9.17) is 4.74 Å². The van der Waals surface area contributed by atoms with Crippen molar-refractivity contribution in [3.05, 3.63) is 65.2 Å². The highest BCUT2D eigenvalue weighted by molar-refractivity contribution is 6.00. The summed E-state index contributed by atoms with van der Waals surface area (Å²) in [6, 6.07) is 10.8. The summed E-state index contributed by atoms with van der Waals surface area (Å²) in [7, 11) is 0. The van der Waals surface area contributed by atoms with E-state index in [0.717, 1.165) is 24.3 Å². The normalized spacial score (nSPS) is 17.0. The Morgan fingerprint density at radius 3 is 2.42 bits per heavy atom. The molecule has 0 aromatic heterocycles. The second kappa shape index (κ2) is 5.99. The number of carbonyl (C=O) groups is 2. The van der Waals surface area contributed by atoms with Gasteiger partial charge in [0.05, 0.1) is 11.1 Å². The third kappa shape index (κ3) is 3.24. The molecule has 0 saturated heterocycles. The Morgan fingerprint density at radius 1 is 1.08 bits per heavy atom. The van der Waals surface area contributed by atoms with Crippen molar-refractivity contribution in [2.45, 2.75) is 18.7 Å². The molecule has 2 aromatic carbocycles. The van der Waals surface area contributed by atoms with E-state index in [0.29, 0.717) is 11.1 Å². The van der Waals surface area contributed by atoms with Gasteiger partial charge in [-0.15, -0.1) is 0 Å². The molecule has 124 valence electrons. The number of halogens is 3. The van der Waals surface area contributed by atoms with E-state index in [-0.39, 0.29) is 12.1 Å². The van der Waals surface area contributed by atoms with Crippen LogP contribution in [0.4, 0.5) is 18.9 Å². The summed E-state index contributed by atoms with van der Waals surface area (Å²) in [5.74, 6) is -1.18. The van der Waals surface area contributed by atoms with E-state index in [2.05, 4.69) is 5.32 Å². The Bertz CT molecular complexity index is 784. The Hall–Kier alpha value is -2.83. The first-order valence-corrected chi connectivity index (χ1v) is 7.11. The van der Waals surface area contributed by atoms with Gasteiger partial charge in [0.15, 0.2) is 6.10 Å². The van der Waals surface area contributed by atoms with E-state index in [9.17, 15) is 22.8 Å². The highest BCUT2D eigenvalue weighted by Gasteiger charge is 2.32. The van der Waals surface area contributed by atoms with Gasteiger partial charge < -0.3 is 10.1 Å². The van der Waals surface area contributed by atoms with Crippen LogP contribution < -0.4 is 5.32 Å². The zero-order valence-electron chi connectivity index (χ0n) is 12.3. The van der Waals surface area contributed by atoms with Crippen molar-refractivity contribution in [3.8, 4) is 0 Å². The molecule has 0 radical (unpaired) electrons. The van der Waals surface area contributed by atoms with Gasteiger partial charge in [-0.2, -0.15) is 13.2 Å². The number of fused-ring (bicyclic) bond motifs is 1. The monoisotopic (exact) mass is 335 g/mol. The fourth-order valence-corrected chi connectivity index (χ4v) is 2.44. The summed E-state index contributed by atoms with van der Waals surface area (Å²) in [5, 5.41) is 2.46. The predicted molar refractivity (Wildman–Crippen MR) is 79.4 cm³/mol. The molecule has 1 atom stereocenters. The molecule has 0 bridgehead atoms. The SMILES string of the molecule is O=C1O[C@@H](C(=O)Nc2ccc(C(F)(F)F)cc2)Cc2ccccc21. The maximum Gasteiger partial charge on any atom is 0.416 e. The van der Waals surface area contributed by atoms with E-state index in [1.165, 1.54) is 0 Å². The van der Waals surface area contributed by atoms with Crippen molar-refractivity contribution in [1.29, 1.82) is 0 Å². The molecule has 1 N–H and O–H groups in total. The zero-order valence-corrected chi connectivity index (χ0v) is 12.3. The summed E-state index contributed by atoms with van der Waals surface area (Å²) in [5.41, 5.74) is 0.499. The molecule has 7 heteroatoms. The van der Waals surface area contributed by atoms with Gasteiger partial charge in [-0.1, -0.05) is 18.2 Å². The first kappa shape index (κ1) is 16.0. The summed E-state index contributed by atoms with van der Waals surface area (Å²) in [6.07, 6.45) is -5.24. The van der Waals surface area contributed by atoms with Gasteiger partial charge >= 0.3 is 12.1 Å². The molecular formula is C17H12F3NO3. The number of amides is 1. The number of benzene rings is 2. The van der Waals surface area contributed by atoms with Gasteiger partial charge in [-0.25, -0.2) is 4.79 Å². The lowest BCUT2D eigenvalue weighted by molar-refractivity contribution is -0.137. The molecule has 1 amide bonds. The summed E-state index contributed by atoms with van der Waals surface area (Å²) in [4.78, 5) is 24.1. The minimum Gasteiger partial charge on any atom is -0.448 e. The standard InChI is InChI=1S/C17H12F3NO3/c18-17(19,20)11-5-7-12(8-6-11)21-15(22)14-9-10-3-1-2-4-13(10)16(23)24-14/h1-8,14H,9H2,(H,21,22)/t14-/m1/s1. The number of hydrogen-bond donors (Lipinski definition) is 1. The van der Waals surface area contributed by atoms with Crippen LogP contribution in [0.2, 0.25) is 0 Å². The molecule has 1 aliphatic rings. The molecule has 0 aliphatic carbocycles. The number of alkyl halides is 3. The smallest absolute Gasteiger partial charge is 0.416 e. The third-order valence-electron chi connectivity index (χ3n) is 3.66. The van der Waals surface area contributed by atoms with Gasteiger partial charge in [0.25, 0.3) is 5.91 Å². The lowest BCUT2D eigenvalue weighted by Gasteiger charge is -2.23. The maximum atomic E-state index is 12.5. The van der Waals surface area contributed by atoms with Crippen LogP contribution in [-0.2, 0) is 22.1 Å². The maximum absolute atomic E-state index is 12.5. The van der Waals surface area contributed by atoms with Gasteiger partial charge in [0.1, 0.15) is 0 Å². The van der Waals surface area contributed by atoms with Crippen LogP contribution >= 0.6 is 0 Å². The Kier molecular flexibility index (Phi) is 4.01. The van der Waals surface area contributed by atoms with Crippen LogP contribution in [0.25, 0.3) is 0 Å². The first-order chi connectivity index (χ1) is 11.3. The molecule has 2 aromatic rings. The second-order valence-electron chi connectivity index (χ2n) is 5.32. The number of hydrogen-bond acceptors (Lipinski definition) is 3. The van der Waals surface area contributed by atoms with Crippen molar-refractivity contribution in [3.63, 3.8) is 0 Å². The van der Waals surface area contributed by atoms with Crippen molar-refractivity contribution < 1.29 is 27.5 Å². The number of rotatable bonds is 2. The minimum atomic E-state index is -4.44. The van der Waals surface area contributed by atoms with Gasteiger partial charge in [0, 0.05) is 12.1 Å². The topological polar surface area (TPSA) is 55.4 Å². The number of carbonyl (C=O) groups excluding carboxylic acids is 2. The molecule has 0 spiro atoms. The summed E-state index contributed by atoms with van der Waals surface area (Å²) >= 11 is 0. The van der Waals surface area contributed by atoms with Crippen LogP contribution in [0.1, 0.15) is 21.5 Å². The lowest BCUT2D eigenvalue weighted by Crippen LogP contribution is -2.37. The highest BCUT2D eigenvalue weighted by Crippen LogP contribution is 2.30. The fourth-order valence-electron chi connectivity index (χ4n) is 2.44. The van der Waals surface area contributed by atoms with Crippen LogP contribution in [-0.4, -0.2) is 18.0 Å². The molecule has 1 heterocycles. The molecular weight excluding hydrogens is 323 g/mol. The Morgan fingerprint density at radius 2 is 1.75 bits per heavy atom. The number of anilines is 1. The predicted octanol–water partition coefficient (Wildman–Crippen LogP) is 3.43. The highest BCUT2D eigenvalue weighted by atomic mass is 19.4. The van der Waals surface area contributed by atoms with Gasteiger partial charge in [0.2, 0.25) is 0 Å². The van der Waals surface area contributed by atoms with Crippen LogP contribution in [0.5, 0.6) is 0 Å². The molecule has 4 nitrogen and oxygen atoms in total. The third-order valence-corrected chi connectivity index (χ3v) is 3.66. The van der Waals surface area contributed by atoms with E-state index < -0.39 is 29.7 Å². The van der Waals surface area contributed by atoms with Crippen molar-refractivity contribution in [2.75, 3.05) is 5.32 Å². The van der Waals surface area contributed by atoms with Crippen molar-refractivity contribution >= 4 is 17.6 Å². The van der Waals surface area contributed by atoms with Crippen LogP contribution in [0.3, 0.4) is 0 Å². The molecule has 0 unspecified atom stereocenters. The van der Waals surface area contributed by atoms with Gasteiger partial charge in [-0.05, 0) is 35.9 Å². The average Bonchev–Trinajstić information content (AvgIpc) is 2.54. The molecule has 1 aliphatic heterocycles. The van der Waals surface area contributed by atoms with Gasteiger partial charge in [-0.3, -0.25) is 4.79 Å².